The molecule has 2 atom stereocenters. The maximum atomic E-state index is 6.46. The summed E-state index contributed by atoms with van der Waals surface area (Å²) in [5, 5.41) is 7.59. The quantitative estimate of drug-likeness (QED) is 0.360. The van der Waals surface area contributed by atoms with Crippen LogP contribution in [0.15, 0.2) is 59.3 Å². The van der Waals surface area contributed by atoms with Gasteiger partial charge in [-0.2, -0.15) is 0 Å². The first-order valence-corrected chi connectivity index (χ1v) is 11.9. The van der Waals surface area contributed by atoms with Crippen molar-refractivity contribution in [1.29, 1.82) is 0 Å². The summed E-state index contributed by atoms with van der Waals surface area (Å²) in [6, 6.07) is 11.9. The van der Waals surface area contributed by atoms with Gasteiger partial charge in [-0.15, -0.1) is 11.3 Å². The third-order valence-electron chi connectivity index (χ3n) is 5.43. The summed E-state index contributed by atoms with van der Waals surface area (Å²) in [5.74, 6) is 2.07. The molecule has 0 bridgehead atoms. The van der Waals surface area contributed by atoms with Crippen molar-refractivity contribution in [1.82, 2.24) is 15.0 Å². The third kappa shape index (κ3) is 4.91. The molecular weight excluding hydrogens is 458 g/mol. The zero-order valence-corrected chi connectivity index (χ0v) is 19.7. The second-order valence-corrected chi connectivity index (χ2v) is 9.21. The number of hydrogen-bond donors (Lipinski definition) is 1. The lowest BCUT2D eigenvalue weighted by Crippen LogP contribution is -2.15. The van der Waals surface area contributed by atoms with Gasteiger partial charge in [0.2, 0.25) is 0 Å². The van der Waals surface area contributed by atoms with Gasteiger partial charge in [0.1, 0.15) is 35.6 Å². The normalized spacial score (nSPS) is 17.6. The summed E-state index contributed by atoms with van der Waals surface area (Å²) < 4.78 is 11.6. The van der Waals surface area contributed by atoms with Gasteiger partial charge >= 0.3 is 0 Å². The molecule has 0 saturated carbocycles. The number of benzene rings is 2. The van der Waals surface area contributed by atoms with E-state index in [0.717, 1.165) is 33.1 Å². The molecule has 1 aliphatic rings. The van der Waals surface area contributed by atoms with E-state index in [0.29, 0.717) is 29.6 Å². The molecule has 2 aromatic heterocycles. The molecule has 5 rings (SSSR count). The molecule has 168 valence electrons. The first-order chi connectivity index (χ1) is 16.0. The van der Waals surface area contributed by atoms with Crippen LogP contribution in [-0.2, 0) is 17.8 Å². The molecule has 0 spiro atoms. The van der Waals surface area contributed by atoms with Crippen LogP contribution in [0.4, 0.5) is 11.5 Å². The Hall–Kier alpha value is -3.23. The predicted octanol–water partition coefficient (Wildman–Crippen LogP) is 5.81. The predicted molar refractivity (Wildman–Crippen MR) is 132 cm³/mol. The van der Waals surface area contributed by atoms with E-state index in [-0.39, 0.29) is 12.1 Å². The first-order valence-electron chi connectivity index (χ1n) is 10.6. The summed E-state index contributed by atoms with van der Waals surface area (Å²) in [7, 11) is 0. The Morgan fingerprint density at radius 3 is 2.79 bits per heavy atom. The average Bonchev–Trinajstić information content (AvgIpc) is 3.43. The highest BCUT2D eigenvalue weighted by molar-refractivity contribution is 7.09. The van der Waals surface area contributed by atoms with Crippen molar-refractivity contribution in [2.75, 3.05) is 5.32 Å². The van der Waals surface area contributed by atoms with Crippen molar-refractivity contribution in [3.8, 4) is 5.75 Å². The van der Waals surface area contributed by atoms with Gasteiger partial charge in [0.05, 0.1) is 16.6 Å². The number of halogens is 1. The first kappa shape index (κ1) is 21.6. The van der Waals surface area contributed by atoms with E-state index in [1.54, 1.807) is 23.9 Å². The van der Waals surface area contributed by atoms with Crippen LogP contribution in [0.5, 0.6) is 5.75 Å². The molecule has 1 aliphatic heterocycles. The van der Waals surface area contributed by atoms with E-state index in [1.807, 2.05) is 42.6 Å². The zero-order valence-electron chi connectivity index (χ0n) is 18.2. The van der Waals surface area contributed by atoms with Crippen LogP contribution in [0.25, 0.3) is 10.9 Å². The van der Waals surface area contributed by atoms with E-state index in [1.165, 1.54) is 0 Å². The lowest BCUT2D eigenvalue weighted by Gasteiger charge is -2.12. The van der Waals surface area contributed by atoms with Gasteiger partial charge < -0.3 is 14.8 Å². The number of aliphatic imine (C=N–C) groups is 1. The molecule has 0 unspecified atom stereocenters. The Bertz CT molecular complexity index is 1310. The molecule has 7 nitrogen and oxygen atoms in total. The number of rotatable bonds is 7. The number of anilines is 2. The van der Waals surface area contributed by atoms with Gasteiger partial charge in [0.25, 0.3) is 0 Å². The topological polar surface area (TPSA) is 81.5 Å². The van der Waals surface area contributed by atoms with E-state index < -0.39 is 0 Å². The van der Waals surface area contributed by atoms with Crippen LogP contribution in [0.1, 0.15) is 24.4 Å². The fourth-order valence-corrected chi connectivity index (χ4v) is 4.31. The second-order valence-electron chi connectivity index (χ2n) is 7.82. The molecule has 0 fully saturated rings. The summed E-state index contributed by atoms with van der Waals surface area (Å²) in [6.07, 6.45) is 4.05. The van der Waals surface area contributed by atoms with Crippen LogP contribution in [0, 0.1) is 0 Å². The van der Waals surface area contributed by atoms with Crippen molar-refractivity contribution >= 4 is 51.2 Å². The van der Waals surface area contributed by atoms with Crippen molar-refractivity contribution < 1.29 is 9.47 Å². The fourth-order valence-electron chi connectivity index (χ4n) is 3.55. The van der Waals surface area contributed by atoms with Gasteiger partial charge in [0.15, 0.2) is 5.90 Å². The standard InChI is InChI=1S/C24H22ClN5O2S/c1-14-15(2)32-22(29-14)10-16-3-5-20-18(9-16)24(28-13-27-20)30-17-4-6-21(19(25)11-17)31-12-23-26-7-8-33-23/h3-9,11,13-15H,10,12H2,1-2H3,(H,27,28,30)/t14-,15-/m0/s1. The van der Waals surface area contributed by atoms with E-state index >= 15 is 0 Å². The summed E-state index contributed by atoms with van der Waals surface area (Å²) >= 11 is 8.00. The maximum absolute atomic E-state index is 6.46. The molecule has 0 saturated heterocycles. The van der Waals surface area contributed by atoms with Crippen LogP contribution in [-0.4, -0.2) is 33.0 Å². The van der Waals surface area contributed by atoms with Crippen molar-refractivity contribution in [2.24, 2.45) is 4.99 Å². The highest BCUT2D eigenvalue weighted by Gasteiger charge is 2.23. The molecule has 33 heavy (non-hydrogen) atoms. The third-order valence-corrected chi connectivity index (χ3v) is 6.48. The lowest BCUT2D eigenvalue weighted by atomic mass is 10.1. The molecule has 2 aromatic carbocycles. The Labute approximate surface area is 200 Å². The number of ether oxygens (including phenoxy) is 2. The molecule has 0 amide bonds. The number of nitrogens with zero attached hydrogens (tertiary/aromatic N) is 4. The van der Waals surface area contributed by atoms with Crippen LogP contribution >= 0.6 is 22.9 Å². The Balaban J connectivity index is 1.35. The molecule has 0 radical (unpaired) electrons. The largest absolute Gasteiger partial charge is 0.485 e. The lowest BCUT2D eigenvalue weighted by molar-refractivity contribution is 0.214. The maximum Gasteiger partial charge on any atom is 0.188 e. The molecular formula is C24H22ClN5O2S. The Morgan fingerprint density at radius 1 is 1.12 bits per heavy atom. The monoisotopic (exact) mass is 479 g/mol. The second kappa shape index (κ2) is 9.33. The number of thiazole rings is 1. The minimum atomic E-state index is 0.110. The fraction of sp³-hybridized carbons (Fsp3) is 0.250. The summed E-state index contributed by atoms with van der Waals surface area (Å²) in [4.78, 5) is 17.7. The summed E-state index contributed by atoms with van der Waals surface area (Å²) in [5.41, 5.74) is 2.74. The molecule has 0 aliphatic carbocycles. The van der Waals surface area contributed by atoms with Crippen molar-refractivity contribution in [3.05, 3.63) is 69.9 Å². The Morgan fingerprint density at radius 2 is 2.03 bits per heavy atom. The minimum absolute atomic E-state index is 0.110. The number of nitrogens with one attached hydrogen (secondary N) is 1. The number of fused-ring (bicyclic) bond motifs is 1. The minimum Gasteiger partial charge on any atom is -0.485 e. The van der Waals surface area contributed by atoms with Crippen molar-refractivity contribution in [2.45, 2.75) is 39.0 Å². The van der Waals surface area contributed by atoms with Gasteiger partial charge in [-0.3, -0.25) is 0 Å². The Kier molecular flexibility index (Phi) is 6.11. The van der Waals surface area contributed by atoms with Gasteiger partial charge in [0, 0.05) is 29.1 Å². The highest BCUT2D eigenvalue weighted by Crippen LogP contribution is 2.31. The van der Waals surface area contributed by atoms with Crippen LogP contribution in [0.3, 0.4) is 0 Å². The van der Waals surface area contributed by atoms with E-state index in [4.69, 9.17) is 21.1 Å². The van der Waals surface area contributed by atoms with Gasteiger partial charge in [-0.1, -0.05) is 17.7 Å². The highest BCUT2D eigenvalue weighted by atomic mass is 35.5. The number of hydrogen-bond acceptors (Lipinski definition) is 8. The van der Waals surface area contributed by atoms with Gasteiger partial charge in [-0.05, 0) is 49.7 Å². The molecule has 1 N–H and O–H groups in total. The van der Waals surface area contributed by atoms with E-state index in [2.05, 4.69) is 38.3 Å². The smallest absolute Gasteiger partial charge is 0.188 e. The average molecular weight is 480 g/mol. The molecule has 3 heterocycles. The van der Waals surface area contributed by atoms with Crippen LogP contribution in [0.2, 0.25) is 5.02 Å². The molecule has 4 aromatic rings. The van der Waals surface area contributed by atoms with Crippen molar-refractivity contribution in [3.63, 3.8) is 0 Å². The van der Waals surface area contributed by atoms with E-state index in [9.17, 15) is 0 Å². The van der Waals surface area contributed by atoms with Crippen LogP contribution < -0.4 is 10.1 Å². The molecule has 9 heteroatoms. The summed E-state index contributed by atoms with van der Waals surface area (Å²) in [6.45, 7) is 4.49. The zero-order chi connectivity index (χ0) is 22.8. The number of aromatic nitrogens is 3. The SMILES string of the molecule is C[C@@H]1N=C(Cc2ccc3ncnc(Nc4ccc(OCc5nccs5)c(Cl)c4)c3c2)O[C@H]1C. The van der Waals surface area contributed by atoms with Gasteiger partial charge in [-0.25, -0.2) is 19.9 Å².